The highest BCUT2D eigenvalue weighted by Gasteiger charge is 2.27. The van der Waals surface area contributed by atoms with Gasteiger partial charge in [0.2, 0.25) is 0 Å². The van der Waals surface area contributed by atoms with Gasteiger partial charge in [-0.1, -0.05) is 47.4 Å². The van der Waals surface area contributed by atoms with E-state index < -0.39 is 5.82 Å². The third-order valence-electron chi connectivity index (χ3n) is 4.26. The second-order valence-electron chi connectivity index (χ2n) is 6.36. The van der Waals surface area contributed by atoms with Gasteiger partial charge in [0.1, 0.15) is 5.82 Å². The highest BCUT2D eigenvalue weighted by atomic mass is 35.5. The second kappa shape index (κ2) is 8.72. The van der Waals surface area contributed by atoms with Gasteiger partial charge in [0.15, 0.2) is 6.10 Å². The van der Waals surface area contributed by atoms with Crippen molar-refractivity contribution in [2.75, 3.05) is 13.1 Å². The number of oxime groups is 1. The van der Waals surface area contributed by atoms with Crippen LogP contribution in [0.1, 0.15) is 35.7 Å². The van der Waals surface area contributed by atoms with E-state index in [1.54, 1.807) is 23.1 Å². The fraction of sp³-hybridized carbons (Fsp3) is 0.300. The summed E-state index contributed by atoms with van der Waals surface area (Å²) in [6.07, 6.45) is 1.07. The standard InChI is InChI=1S/C20H19Cl2FN2O2/c1-2-8-25(20(26)14-4-3-5-15(23)9-14)12-16-11-19(24-27-16)13-6-7-17(21)18(22)10-13/h3-7,9-10,16H,2,8,11-12H2,1H3. The Balaban J connectivity index is 1.67. The molecule has 4 nitrogen and oxygen atoms in total. The van der Waals surface area contributed by atoms with E-state index in [2.05, 4.69) is 5.16 Å². The summed E-state index contributed by atoms with van der Waals surface area (Å²) in [5.41, 5.74) is 1.92. The van der Waals surface area contributed by atoms with Crippen molar-refractivity contribution in [3.8, 4) is 0 Å². The molecule has 0 N–H and O–H groups in total. The van der Waals surface area contributed by atoms with Crippen LogP contribution >= 0.6 is 23.2 Å². The molecule has 1 unspecified atom stereocenters. The molecular formula is C20H19Cl2FN2O2. The van der Waals surface area contributed by atoms with E-state index in [0.717, 1.165) is 17.7 Å². The molecule has 1 atom stereocenters. The smallest absolute Gasteiger partial charge is 0.254 e. The lowest BCUT2D eigenvalue weighted by atomic mass is 10.0. The van der Waals surface area contributed by atoms with E-state index in [9.17, 15) is 9.18 Å². The third-order valence-corrected chi connectivity index (χ3v) is 5.00. The van der Waals surface area contributed by atoms with Crippen LogP contribution in [-0.2, 0) is 4.84 Å². The zero-order chi connectivity index (χ0) is 19.4. The molecule has 1 aliphatic heterocycles. The molecule has 1 amide bonds. The molecule has 0 saturated carbocycles. The fourth-order valence-electron chi connectivity index (χ4n) is 2.97. The van der Waals surface area contributed by atoms with Gasteiger partial charge in [-0.15, -0.1) is 0 Å². The van der Waals surface area contributed by atoms with Gasteiger partial charge in [-0.25, -0.2) is 4.39 Å². The van der Waals surface area contributed by atoms with Crippen LogP contribution in [0, 0.1) is 5.82 Å². The van der Waals surface area contributed by atoms with Crippen LogP contribution in [0.2, 0.25) is 10.0 Å². The van der Waals surface area contributed by atoms with Crippen LogP contribution in [0.4, 0.5) is 4.39 Å². The Morgan fingerprint density at radius 2 is 2.07 bits per heavy atom. The molecule has 142 valence electrons. The molecule has 2 aromatic carbocycles. The molecule has 0 aliphatic carbocycles. The van der Waals surface area contributed by atoms with Gasteiger partial charge in [-0.3, -0.25) is 4.79 Å². The van der Waals surface area contributed by atoms with Crippen molar-refractivity contribution in [3.63, 3.8) is 0 Å². The summed E-state index contributed by atoms with van der Waals surface area (Å²) in [5.74, 6) is -0.650. The topological polar surface area (TPSA) is 41.9 Å². The van der Waals surface area contributed by atoms with Crippen molar-refractivity contribution in [3.05, 3.63) is 69.5 Å². The van der Waals surface area contributed by atoms with E-state index in [-0.39, 0.29) is 12.0 Å². The summed E-state index contributed by atoms with van der Waals surface area (Å²) in [4.78, 5) is 19.9. The molecule has 2 aromatic rings. The lowest BCUT2D eigenvalue weighted by molar-refractivity contribution is 0.0423. The van der Waals surface area contributed by atoms with Gasteiger partial charge in [0, 0.05) is 24.1 Å². The van der Waals surface area contributed by atoms with Gasteiger partial charge >= 0.3 is 0 Å². The van der Waals surface area contributed by atoms with Crippen molar-refractivity contribution < 1.29 is 14.0 Å². The van der Waals surface area contributed by atoms with Gasteiger partial charge in [-0.2, -0.15) is 0 Å². The quantitative estimate of drug-likeness (QED) is 0.660. The van der Waals surface area contributed by atoms with E-state index in [0.29, 0.717) is 35.1 Å². The number of carbonyl (C=O) groups excluding carboxylic acids is 1. The first-order chi connectivity index (χ1) is 13.0. The summed E-state index contributed by atoms with van der Waals surface area (Å²) in [6.45, 7) is 2.91. The number of halogens is 3. The number of hydrogen-bond acceptors (Lipinski definition) is 3. The zero-order valence-electron chi connectivity index (χ0n) is 14.8. The molecule has 0 aromatic heterocycles. The summed E-state index contributed by atoms with van der Waals surface area (Å²) in [5, 5.41) is 5.07. The maximum atomic E-state index is 13.4. The highest BCUT2D eigenvalue weighted by Crippen LogP contribution is 2.26. The molecule has 27 heavy (non-hydrogen) atoms. The van der Waals surface area contributed by atoms with Crippen LogP contribution in [0.5, 0.6) is 0 Å². The van der Waals surface area contributed by atoms with Crippen molar-refractivity contribution in [2.45, 2.75) is 25.9 Å². The maximum Gasteiger partial charge on any atom is 0.254 e. The molecule has 1 aliphatic rings. The van der Waals surface area contributed by atoms with Crippen LogP contribution in [0.15, 0.2) is 47.6 Å². The van der Waals surface area contributed by atoms with E-state index in [1.165, 1.54) is 18.2 Å². The highest BCUT2D eigenvalue weighted by molar-refractivity contribution is 6.42. The van der Waals surface area contributed by atoms with Gasteiger partial charge in [-0.05, 0) is 36.8 Å². The zero-order valence-corrected chi connectivity index (χ0v) is 16.3. The molecule has 0 fully saturated rings. The van der Waals surface area contributed by atoms with E-state index in [4.69, 9.17) is 28.0 Å². The molecule has 7 heteroatoms. The predicted molar refractivity (Wildman–Crippen MR) is 105 cm³/mol. The largest absolute Gasteiger partial charge is 0.390 e. The SMILES string of the molecule is CCCN(CC1CC(c2ccc(Cl)c(Cl)c2)=NO1)C(=O)c1cccc(F)c1. The van der Waals surface area contributed by atoms with Crippen LogP contribution in [-0.4, -0.2) is 35.7 Å². The van der Waals surface area contributed by atoms with E-state index >= 15 is 0 Å². The van der Waals surface area contributed by atoms with Crippen molar-refractivity contribution in [1.82, 2.24) is 4.90 Å². The minimum atomic E-state index is -0.431. The Bertz CT molecular complexity index is 873. The molecule has 0 radical (unpaired) electrons. The number of nitrogens with zero attached hydrogens (tertiary/aromatic N) is 2. The Labute approximate surface area is 167 Å². The third kappa shape index (κ3) is 4.79. The average Bonchev–Trinajstić information content (AvgIpc) is 3.11. The Kier molecular flexibility index (Phi) is 6.34. The molecule has 3 rings (SSSR count). The number of carbonyl (C=O) groups is 1. The number of benzene rings is 2. The Hall–Kier alpha value is -2.11. The summed E-state index contributed by atoms with van der Waals surface area (Å²) >= 11 is 12.0. The summed E-state index contributed by atoms with van der Waals surface area (Å²) < 4.78 is 13.4. The monoisotopic (exact) mass is 408 g/mol. The number of amides is 1. The van der Waals surface area contributed by atoms with Crippen LogP contribution in [0.25, 0.3) is 0 Å². The number of hydrogen-bond donors (Lipinski definition) is 0. The minimum Gasteiger partial charge on any atom is -0.390 e. The Morgan fingerprint density at radius 3 is 2.78 bits per heavy atom. The van der Waals surface area contributed by atoms with E-state index in [1.807, 2.05) is 13.0 Å². The minimum absolute atomic E-state index is 0.220. The van der Waals surface area contributed by atoms with Crippen LogP contribution < -0.4 is 0 Å². The average molecular weight is 409 g/mol. The van der Waals surface area contributed by atoms with Crippen molar-refractivity contribution >= 4 is 34.8 Å². The first-order valence-electron chi connectivity index (χ1n) is 8.71. The lowest BCUT2D eigenvalue weighted by Crippen LogP contribution is -2.38. The predicted octanol–water partition coefficient (Wildman–Crippen LogP) is 5.18. The van der Waals surface area contributed by atoms with Crippen molar-refractivity contribution in [2.24, 2.45) is 5.16 Å². The lowest BCUT2D eigenvalue weighted by Gasteiger charge is -2.24. The Morgan fingerprint density at radius 1 is 1.26 bits per heavy atom. The van der Waals surface area contributed by atoms with Crippen molar-refractivity contribution in [1.29, 1.82) is 0 Å². The normalized spacial score (nSPS) is 16.0. The molecule has 1 heterocycles. The van der Waals surface area contributed by atoms with Gasteiger partial charge < -0.3 is 9.74 Å². The fourth-order valence-corrected chi connectivity index (χ4v) is 3.27. The maximum absolute atomic E-state index is 13.4. The van der Waals surface area contributed by atoms with Gasteiger partial charge in [0.25, 0.3) is 5.91 Å². The summed E-state index contributed by atoms with van der Waals surface area (Å²) in [7, 11) is 0. The van der Waals surface area contributed by atoms with Crippen LogP contribution in [0.3, 0.4) is 0 Å². The number of rotatable bonds is 6. The first-order valence-corrected chi connectivity index (χ1v) is 9.46. The molecule has 0 bridgehead atoms. The van der Waals surface area contributed by atoms with Gasteiger partial charge in [0.05, 0.1) is 22.3 Å². The first kappa shape index (κ1) is 19.6. The second-order valence-corrected chi connectivity index (χ2v) is 7.17. The molecular weight excluding hydrogens is 390 g/mol. The molecule has 0 saturated heterocycles. The summed E-state index contributed by atoms with van der Waals surface area (Å²) in [6, 6.07) is 11.0. The molecule has 0 spiro atoms.